The molecule has 6 nitrogen and oxygen atoms in total. The number of aromatic nitrogens is 4. The van der Waals surface area contributed by atoms with Crippen LogP contribution in [0.2, 0.25) is 0 Å². The Balaban J connectivity index is 2.11. The van der Waals surface area contributed by atoms with Crippen LogP contribution in [0.1, 0.15) is 0 Å². The van der Waals surface area contributed by atoms with Crippen molar-refractivity contribution in [2.24, 2.45) is 0 Å². The van der Waals surface area contributed by atoms with Gasteiger partial charge in [-0.15, -0.1) is 0 Å². The van der Waals surface area contributed by atoms with E-state index in [1.165, 1.54) is 0 Å². The number of H-pyrrole nitrogens is 1. The van der Waals surface area contributed by atoms with E-state index >= 15 is 0 Å². The number of nitrogens with one attached hydrogen (secondary N) is 1. The summed E-state index contributed by atoms with van der Waals surface area (Å²) in [5.41, 5.74) is 8.37. The van der Waals surface area contributed by atoms with Crippen molar-refractivity contribution in [1.29, 1.82) is 0 Å². The van der Waals surface area contributed by atoms with Crippen LogP contribution in [0.15, 0.2) is 42.7 Å². The summed E-state index contributed by atoms with van der Waals surface area (Å²) in [7, 11) is 1.63. The minimum absolute atomic E-state index is 0.414. The van der Waals surface area contributed by atoms with Gasteiger partial charge in [0.25, 0.3) is 0 Å². The van der Waals surface area contributed by atoms with Crippen molar-refractivity contribution in [3.8, 4) is 28.4 Å². The predicted octanol–water partition coefficient (Wildman–Crippen LogP) is 2.12. The van der Waals surface area contributed by atoms with E-state index in [0.717, 1.165) is 16.9 Å². The van der Waals surface area contributed by atoms with Gasteiger partial charge in [0.05, 0.1) is 12.7 Å². The molecular weight excluding hydrogens is 254 g/mol. The van der Waals surface area contributed by atoms with Gasteiger partial charge in [-0.2, -0.15) is 5.10 Å². The third-order valence-electron chi connectivity index (χ3n) is 2.96. The van der Waals surface area contributed by atoms with Crippen molar-refractivity contribution in [3.05, 3.63) is 42.7 Å². The molecule has 0 aliphatic rings. The molecule has 0 bridgehead atoms. The summed E-state index contributed by atoms with van der Waals surface area (Å²) in [6, 6.07) is 9.35. The van der Waals surface area contributed by atoms with E-state index in [1.54, 1.807) is 25.6 Å². The molecule has 100 valence electrons. The predicted molar refractivity (Wildman–Crippen MR) is 76.0 cm³/mol. The van der Waals surface area contributed by atoms with E-state index in [4.69, 9.17) is 10.5 Å². The molecule has 0 fully saturated rings. The highest BCUT2D eigenvalue weighted by Gasteiger charge is 2.16. The zero-order chi connectivity index (χ0) is 13.9. The van der Waals surface area contributed by atoms with Crippen LogP contribution in [-0.2, 0) is 0 Å². The molecule has 2 heterocycles. The molecule has 0 aliphatic carbocycles. The molecular formula is C14H13N5O. The number of ether oxygens (including phenoxy) is 1. The van der Waals surface area contributed by atoms with E-state index in [9.17, 15) is 0 Å². The Morgan fingerprint density at radius 3 is 2.45 bits per heavy atom. The van der Waals surface area contributed by atoms with Crippen molar-refractivity contribution < 1.29 is 4.74 Å². The van der Waals surface area contributed by atoms with Gasteiger partial charge in [0, 0.05) is 12.4 Å². The summed E-state index contributed by atoms with van der Waals surface area (Å²) in [6.45, 7) is 0. The highest BCUT2D eigenvalue weighted by Crippen LogP contribution is 2.33. The third kappa shape index (κ3) is 2.07. The molecule has 6 heteroatoms. The Morgan fingerprint density at radius 1 is 1.10 bits per heavy atom. The first-order chi connectivity index (χ1) is 9.79. The smallest absolute Gasteiger partial charge is 0.178 e. The number of nitrogen functional groups attached to an aromatic ring is 1. The van der Waals surface area contributed by atoms with Crippen molar-refractivity contribution in [2.45, 2.75) is 0 Å². The van der Waals surface area contributed by atoms with Gasteiger partial charge >= 0.3 is 0 Å². The first-order valence-corrected chi connectivity index (χ1v) is 6.05. The average Bonchev–Trinajstić information content (AvgIpc) is 2.90. The highest BCUT2D eigenvalue weighted by atomic mass is 16.5. The summed E-state index contributed by atoms with van der Waals surface area (Å²) in [4.78, 5) is 8.44. The first-order valence-electron chi connectivity index (χ1n) is 6.05. The maximum absolute atomic E-state index is 5.95. The molecule has 0 aliphatic heterocycles. The van der Waals surface area contributed by atoms with Gasteiger partial charge in [0.1, 0.15) is 11.4 Å². The van der Waals surface area contributed by atoms with Crippen LogP contribution in [0.3, 0.4) is 0 Å². The van der Waals surface area contributed by atoms with E-state index in [-0.39, 0.29) is 0 Å². The summed E-state index contributed by atoms with van der Waals surface area (Å²) in [5, 5.41) is 6.94. The number of hydrogen-bond donors (Lipinski definition) is 2. The quantitative estimate of drug-likeness (QED) is 0.758. The summed E-state index contributed by atoms with van der Waals surface area (Å²) >= 11 is 0. The molecule has 1 aromatic carbocycles. The number of methoxy groups -OCH3 is 1. The molecule has 2 aromatic heterocycles. The third-order valence-corrected chi connectivity index (χ3v) is 2.96. The van der Waals surface area contributed by atoms with Crippen LogP contribution in [0.25, 0.3) is 22.6 Å². The molecule has 3 aromatic rings. The van der Waals surface area contributed by atoms with Crippen molar-refractivity contribution in [2.75, 3.05) is 12.8 Å². The number of benzene rings is 1. The number of aromatic amines is 1. The molecule has 20 heavy (non-hydrogen) atoms. The molecule has 0 saturated carbocycles. The van der Waals surface area contributed by atoms with Gasteiger partial charge in [-0.25, -0.2) is 9.97 Å². The van der Waals surface area contributed by atoms with Crippen LogP contribution < -0.4 is 10.5 Å². The second kappa shape index (κ2) is 5.00. The van der Waals surface area contributed by atoms with Gasteiger partial charge in [-0.1, -0.05) is 12.1 Å². The molecule has 3 rings (SSSR count). The molecule has 0 unspecified atom stereocenters. The van der Waals surface area contributed by atoms with Crippen LogP contribution in [-0.4, -0.2) is 27.3 Å². The van der Waals surface area contributed by atoms with Crippen LogP contribution in [0.5, 0.6) is 5.75 Å². The molecule has 0 saturated heterocycles. The lowest BCUT2D eigenvalue weighted by Crippen LogP contribution is -1.92. The summed E-state index contributed by atoms with van der Waals surface area (Å²) < 4.78 is 5.15. The lowest BCUT2D eigenvalue weighted by atomic mass is 10.0. The van der Waals surface area contributed by atoms with Crippen LogP contribution in [0, 0.1) is 0 Å². The largest absolute Gasteiger partial charge is 0.497 e. The minimum atomic E-state index is 0.414. The summed E-state index contributed by atoms with van der Waals surface area (Å²) in [5.74, 6) is 1.76. The zero-order valence-electron chi connectivity index (χ0n) is 10.9. The van der Waals surface area contributed by atoms with Crippen LogP contribution >= 0.6 is 0 Å². The van der Waals surface area contributed by atoms with Gasteiger partial charge in [0.15, 0.2) is 11.6 Å². The van der Waals surface area contributed by atoms with Crippen molar-refractivity contribution in [3.63, 3.8) is 0 Å². The number of hydrogen-bond acceptors (Lipinski definition) is 5. The second-order valence-electron chi connectivity index (χ2n) is 4.16. The molecule has 0 radical (unpaired) electrons. The fraction of sp³-hybridized carbons (Fsp3) is 0.0714. The maximum Gasteiger partial charge on any atom is 0.178 e. The van der Waals surface area contributed by atoms with Gasteiger partial charge < -0.3 is 10.5 Å². The van der Waals surface area contributed by atoms with E-state index in [0.29, 0.717) is 17.3 Å². The Labute approximate surface area is 115 Å². The first kappa shape index (κ1) is 12.2. The van der Waals surface area contributed by atoms with E-state index in [2.05, 4.69) is 20.2 Å². The molecule has 0 amide bonds. The Kier molecular flexibility index (Phi) is 3.04. The number of rotatable bonds is 3. The zero-order valence-corrected chi connectivity index (χ0v) is 10.9. The Bertz CT molecular complexity index is 706. The molecule has 3 N–H and O–H groups in total. The maximum atomic E-state index is 5.95. The topological polar surface area (TPSA) is 89.7 Å². The Morgan fingerprint density at radius 2 is 1.80 bits per heavy atom. The SMILES string of the molecule is COc1ccc(-c2c(N)n[nH]c2-c2ncccn2)cc1. The number of nitrogens with two attached hydrogens (primary N) is 1. The van der Waals surface area contributed by atoms with E-state index < -0.39 is 0 Å². The number of anilines is 1. The lowest BCUT2D eigenvalue weighted by molar-refractivity contribution is 0.415. The van der Waals surface area contributed by atoms with Gasteiger partial charge in [-0.05, 0) is 23.8 Å². The normalized spacial score (nSPS) is 10.4. The monoisotopic (exact) mass is 267 g/mol. The fourth-order valence-electron chi connectivity index (χ4n) is 2.00. The Hall–Kier alpha value is -2.89. The van der Waals surface area contributed by atoms with Crippen molar-refractivity contribution >= 4 is 5.82 Å². The lowest BCUT2D eigenvalue weighted by Gasteiger charge is -2.05. The van der Waals surface area contributed by atoms with Crippen molar-refractivity contribution in [1.82, 2.24) is 20.2 Å². The standard InChI is InChI=1S/C14H13N5O/c1-20-10-5-3-9(4-6-10)11-12(18-19-13(11)15)14-16-7-2-8-17-14/h2-8H,1H3,(H3,15,18,19). The summed E-state index contributed by atoms with van der Waals surface area (Å²) in [6.07, 6.45) is 3.36. The average molecular weight is 267 g/mol. The van der Waals surface area contributed by atoms with E-state index in [1.807, 2.05) is 24.3 Å². The minimum Gasteiger partial charge on any atom is -0.497 e. The number of nitrogens with zero attached hydrogens (tertiary/aromatic N) is 3. The fourth-order valence-corrected chi connectivity index (χ4v) is 2.00. The van der Waals surface area contributed by atoms with Gasteiger partial charge in [-0.3, -0.25) is 5.10 Å². The second-order valence-corrected chi connectivity index (χ2v) is 4.16. The molecule has 0 atom stereocenters. The molecule has 0 spiro atoms. The van der Waals surface area contributed by atoms with Crippen LogP contribution in [0.4, 0.5) is 5.82 Å². The highest BCUT2D eigenvalue weighted by molar-refractivity contribution is 5.85. The van der Waals surface area contributed by atoms with Gasteiger partial charge in [0.2, 0.25) is 0 Å².